The summed E-state index contributed by atoms with van der Waals surface area (Å²) in [5.74, 6) is -0.793. The normalized spacial score (nSPS) is 13.7. The standard InChI is InChI=1S/C23H30FN5O4/c1-13-7-6-8-14(9-13)27-19-17-16(11-26-21(17)30)18(24)20(29-19)25-10-15(12-32-5)28-22(31)33-23(2,3)4/h6-9,15H,10-12H2,1-5H3,(H,26,30)(H,28,31)(H2,25,27,29). The number of carbonyl (C=O) groups excluding carboxylic acids is 2. The van der Waals surface area contributed by atoms with Gasteiger partial charge in [0.05, 0.1) is 18.2 Å². The van der Waals surface area contributed by atoms with E-state index in [0.29, 0.717) is 0 Å². The number of ether oxygens (including phenoxy) is 2. The van der Waals surface area contributed by atoms with Crippen LogP contribution in [-0.4, -0.2) is 48.9 Å². The van der Waals surface area contributed by atoms with Crippen molar-refractivity contribution in [3.63, 3.8) is 0 Å². The van der Waals surface area contributed by atoms with Gasteiger partial charge in [-0.1, -0.05) is 12.1 Å². The summed E-state index contributed by atoms with van der Waals surface area (Å²) >= 11 is 0. The van der Waals surface area contributed by atoms with Crippen LogP contribution in [0.2, 0.25) is 0 Å². The van der Waals surface area contributed by atoms with E-state index in [-0.39, 0.29) is 48.4 Å². The monoisotopic (exact) mass is 459 g/mol. The predicted molar refractivity (Wildman–Crippen MR) is 123 cm³/mol. The first kappa shape index (κ1) is 24.2. The van der Waals surface area contributed by atoms with Crippen molar-refractivity contribution in [2.45, 2.75) is 45.9 Å². The minimum atomic E-state index is -0.654. The Bertz CT molecular complexity index is 1040. The third-order valence-electron chi connectivity index (χ3n) is 4.77. The number of benzene rings is 1. The van der Waals surface area contributed by atoms with Gasteiger partial charge in [-0.2, -0.15) is 0 Å². The molecule has 1 aliphatic heterocycles. The number of methoxy groups -OCH3 is 1. The number of halogens is 1. The molecular weight excluding hydrogens is 429 g/mol. The number of nitrogens with one attached hydrogen (secondary N) is 4. The third kappa shape index (κ3) is 6.32. The molecule has 0 bridgehead atoms. The van der Waals surface area contributed by atoms with Crippen LogP contribution < -0.4 is 21.3 Å². The molecule has 0 fully saturated rings. The van der Waals surface area contributed by atoms with E-state index in [9.17, 15) is 9.59 Å². The summed E-state index contributed by atoms with van der Waals surface area (Å²) in [5, 5.41) is 11.4. The zero-order valence-electron chi connectivity index (χ0n) is 19.5. The number of anilines is 3. The summed E-state index contributed by atoms with van der Waals surface area (Å²) in [5.41, 5.74) is 1.51. The summed E-state index contributed by atoms with van der Waals surface area (Å²) in [6.07, 6.45) is -0.606. The van der Waals surface area contributed by atoms with Crippen LogP contribution in [0.25, 0.3) is 0 Å². The maximum absolute atomic E-state index is 15.2. The maximum atomic E-state index is 15.2. The second kappa shape index (κ2) is 10.0. The summed E-state index contributed by atoms with van der Waals surface area (Å²) in [6.45, 7) is 7.60. The number of hydrogen-bond acceptors (Lipinski definition) is 7. The number of hydrogen-bond donors (Lipinski definition) is 4. The van der Waals surface area contributed by atoms with Crippen molar-refractivity contribution in [1.82, 2.24) is 15.6 Å². The largest absolute Gasteiger partial charge is 0.444 e. The first-order chi connectivity index (χ1) is 15.6. The van der Waals surface area contributed by atoms with E-state index in [4.69, 9.17) is 9.47 Å². The highest BCUT2D eigenvalue weighted by Gasteiger charge is 2.30. The van der Waals surface area contributed by atoms with Crippen LogP contribution >= 0.6 is 0 Å². The van der Waals surface area contributed by atoms with Crippen molar-refractivity contribution in [1.29, 1.82) is 0 Å². The predicted octanol–water partition coefficient (Wildman–Crippen LogP) is 3.47. The molecule has 4 N–H and O–H groups in total. The van der Waals surface area contributed by atoms with Crippen LogP contribution in [0.5, 0.6) is 0 Å². The number of aromatic nitrogens is 1. The van der Waals surface area contributed by atoms with Crippen molar-refractivity contribution in [3.8, 4) is 0 Å². The van der Waals surface area contributed by atoms with Crippen molar-refractivity contribution in [3.05, 3.63) is 46.8 Å². The average Bonchev–Trinajstić information content (AvgIpc) is 3.10. The average molecular weight is 460 g/mol. The van der Waals surface area contributed by atoms with Gasteiger partial charge in [0.25, 0.3) is 5.91 Å². The molecule has 1 atom stereocenters. The smallest absolute Gasteiger partial charge is 0.408 e. The van der Waals surface area contributed by atoms with Gasteiger partial charge in [0.2, 0.25) is 0 Å². The molecule has 0 radical (unpaired) electrons. The summed E-state index contributed by atoms with van der Waals surface area (Å²) in [7, 11) is 1.50. The Morgan fingerprint density at radius 2 is 2.06 bits per heavy atom. The molecule has 0 saturated carbocycles. The van der Waals surface area contributed by atoms with Gasteiger partial charge in [-0.3, -0.25) is 4.79 Å². The Labute approximate surface area is 192 Å². The van der Waals surface area contributed by atoms with E-state index in [2.05, 4.69) is 26.3 Å². The molecule has 2 aromatic rings. The molecule has 10 heteroatoms. The van der Waals surface area contributed by atoms with Gasteiger partial charge in [-0.15, -0.1) is 0 Å². The highest BCUT2D eigenvalue weighted by atomic mass is 19.1. The summed E-state index contributed by atoms with van der Waals surface area (Å²) < 4.78 is 25.6. The van der Waals surface area contributed by atoms with Crippen LogP contribution in [0.3, 0.4) is 0 Å². The molecule has 33 heavy (non-hydrogen) atoms. The van der Waals surface area contributed by atoms with Gasteiger partial charge < -0.3 is 30.7 Å². The summed E-state index contributed by atoms with van der Waals surface area (Å²) in [6, 6.07) is 7.05. The molecule has 1 aromatic carbocycles. The second-order valence-electron chi connectivity index (χ2n) is 8.83. The lowest BCUT2D eigenvalue weighted by Crippen LogP contribution is -2.45. The van der Waals surface area contributed by atoms with E-state index in [1.165, 1.54) is 7.11 Å². The Morgan fingerprint density at radius 3 is 2.73 bits per heavy atom. The molecular formula is C23H30FN5O4. The van der Waals surface area contributed by atoms with Crippen LogP contribution in [0.4, 0.5) is 26.5 Å². The molecule has 2 heterocycles. The number of fused-ring (bicyclic) bond motifs is 1. The van der Waals surface area contributed by atoms with Crippen molar-refractivity contribution in [2.75, 3.05) is 30.9 Å². The van der Waals surface area contributed by atoms with Gasteiger partial charge in [-0.05, 0) is 45.4 Å². The van der Waals surface area contributed by atoms with Crippen LogP contribution in [0.15, 0.2) is 24.3 Å². The zero-order valence-corrected chi connectivity index (χ0v) is 19.5. The fourth-order valence-electron chi connectivity index (χ4n) is 3.39. The lowest BCUT2D eigenvalue weighted by molar-refractivity contribution is 0.0474. The highest BCUT2D eigenvalue weighted by Crippen LogP contribution is 2.31. The minimum absolute atomic E-state index is 0.0347. The first-order valence-corrected chi connectivity index (χ1v) is 10.6. The van der Waals surface area contributed by atoms with E-state index in [1.807, 2.05) is 31.2 Å². The molecule has 1 aliphatic rings. The Hall–Kier alpha value is -3.40. The number of pyridine rings is 1. The van der Waals surface area contributed by atoms with E-state index in [1.54, 1.807) is 20.8 Å². The lowest BCUT2D eigenvalue weighted by Gasteiger charge is -2.24. The summed E-state index contributed by atoms with van der Waals surface area (Å²) in [4.78, 5) is 28.8. The molecule has 1 aromatic heterocycles. The molecule has 2 amide bonds. The van der Waals surface area contributed by atoms with Gasteiger partial charge >= 0.3 is 6.09 Å². The number of aryl methyl sites for hydroxylation is 1. The molecule has 178 valence electrons. The molecule has 0 spiro atoms. The maximum Gasteiger partial charge on any atom is 0.408 e. The Balaban J connectivity index is 1.82. The number of amides is 2. The van der Waals surface area contributed by atoms with Crippen molar-refractivity contribution < 1.29 is 23.5 Å². The fraction of sp³-hybridized carbons (Fsp3) is 0.435. The van der Waals surface area contributed by atoms with Gasteiger partial charge in [0, 0.05) is 31.5 Å². The molecule has 9 nitrogen and oxygen atoms in total. The number of alkyl carbamates (subject to hydrolysis) is 1. The third-order valence-corrected chi connectivity index (χ3v) is 4.77. The number of carbonyl (C=O) groups is 2. The minimum Gasteiger partial charge on any atom is -0.444 e. The number of nitrogens with zero attached hydrogens (tertiary/aromatic N) is 1. The molecule has 3 rings (SSSR count). The Kier molecular flexibility index (Phi) is 7.37. The first-order valence-electron chi connectivity index (χ1n) is 10.6. The number of rotatable bonds is 8. The van der Waals surface area contributed by atoms with Gasteiger partial charge in [0.1, 0.15) is 11.4 Å². The Morgan fingerprint density at radius 1 is 1.30 bits per heavy atom. The van der Waals surface area contributed by atoms with Crippen LogP contribution in [0, 0.1) is 12.7 Å². The van der Waals surface area contributed by atoms with Crippen molar-refractivity contribution >= 4 is 29.3 Å². The zero-order chi connectivity index (χ0) is 24.2. The van der Waals surface area contributed by atoms with E-state index >= 15 is 4.39 Å². The van der Waals surface area contributed by atoms with E-state index < -0.39 is 23.6 Å². The second-order valence-corrected chi connectivity index (χ2v) is 8.83. The molecule has 0 saturated heterocycles. The van der Waals surface area contributed by atoms with Gasteiger partial charge in [-0.25, -0.2) is 14.2 Å². The van der Waals surface area contributed by atoms with Crippen LogP contribution in [-0.2, 0) is 16.0 Å². The van der Waals surface area contributed by atoms with E-state index in [0.717, 1.165) is 11.3 Å². The SMILES string of the molecule is COCC(CNc1nc(Nc2cccc(C)c2)c2c(c1F)CNC2=O)NC(=O)OC(C)(C)C. The fourth-order valence-corrected chi connectivity index (χ4v) is 3.39. The quantitative estimate of drug-likeness (QED) is 0.478. The molecule has 1 unspecified atom stereocenters. The van der Waals surface area contributed by atoms with Crippen molar-refractivity contribution in [2.24, 2.45) is 0 Å². The van der Waals surface area contributed by atoms with Crippen LogP contribution in [0.1, 0.15) is 42.3 Å². The highest BCUT2D eigenvalue weighted by molar-refractivity contribution is 6.03. The topological polar surface area (TPSA) is 114 Å². The lowest BCUT2D eigenvalue weighted by atomic mass is 10.1. The molecule has 0 aliphatic carbocycles. The van der Waals surface area contributed by atoms with Gasteiger partial charge in [0.15, 0.2) is 11.6 Å².